The molecule has 0 saturated heterocycles. The van der Waals surface area contributed by atoms with Gasteiger partial charge in [-0.15, -0.1) is 0 Å². The lowest BCUT2D eigenvalue weighted by atomic mass is 9.97. The lowest BCUT2D eigenvalue weighted by molar-refractivity contribution is -0.138. The molecule has 1 aromatic carbocycles. The number of alkyl halides is 3. The fourth-order valence-corrected chi connectivity index (χ4v) is 1.55. The monoisotopic (exact) mass is 217 g/mol. The van der Waals surface area contributed by atoms with Crippen LogP contribution in [0.4, 0.5) is 13.2 Å². The molecule has 15 heavy (non-hydrogen) atoms. The van der Waals surface area contributed by atoms with E-state index in [-0.39, 0.29) is 5.56 Å². The van der Waals surface area contributed by atoms with E-state index in [1.165, 1.54) is 12.1 Å². The van der Waals surface area contributed by atoms with Gasteiger partial charge in [0.25, 0.3) is 0 Å². The van der Waals surface area contributed by atoms with Crippen molar-refractivity contribution in [1.82, 2.24) is 0 Å². The highest BCUT2D eigenvalue weighted by Crippen LogP contribution is 2.34. The van der Waals surface area contributed by atoms with Gasteiger partial charge in [0.1, 0.15) is 0 Å². The van der Waals surface area contributed by atoms with E-state index in [0.29, 0.717) is 6.42 Å². The molecule has 2 N–H and O–H groups in total. The van der Waals surface area contributed by atoms with E-state index in [9.17, 15) is 13.2 Å². The number of hydrogen-bond acceptors (Lipinski definition) is 1. The Bertz CT molecular complexity index is 320. The average molecular weight is 217 g/mol. The van der Waals surface area contributed by atoms with Crippen LogP contribution >= 0.6 is 0 Å². The SMILES string of the molecule is CCC[C@H](N)c1ccccc1C(F)(F)F. The summed E-state index contributed by atoms with van der Waals surface area (Å²) in [7, 11) is 0. The predicted octanol–water partition coefficient (Wildman–Crippen LogP) is 3.51. The Morgan fingerprint density at radius 1 is 1.27 bits per heavy atom. The summed E-state index contributed by atoms with van der Waals surface area (Å²) >= 11 is 0. The van der Waals surface area contributed by atoms with Gasteiger partial charge in [0.05, 0.1) is 5.56 Å². The fourth-order valence-electron chi connectivity index (χ4n) is 1.55. The van der Waals surface area contributed by atoms with E-state index < -0.39 is 17.8 Å². The van der Waals surface area contributed by atoms with Crippen molar-refractivity contribution in [2.75, 3.05) is 0 Å². The highest BCUT2D eigenvalue weighted by Gasteiger charge is 2.33. The van der Waals surface area contributed by atoms with Crippen LogP contribution in [0.15, 0.2) is 24.3 Å². The largest absolute Gasteiger partial charge is 0.416 e. The molecule has 0 unspecified atom stereocenters. The first-order valence-corrected chi connectivity index (χ1v) is 4.88. The third-order valence-electron chi connectivity index (χ3n) is 2.27. The molecular formula is C11H14F3N. The highest BCUT2D eigenvalue weighted by molar-refractivity contribution is 5.32. The molecule has 0 spiro atoms. The van der Waals surface area contributed by atoms with E-state index in [2.05, 4.69) is 0 Å². The van der Waals surface area contributed by atoms with Crippen LogP contribution in [-0.2, 0) is 6.18 Å². The summed E-state index contributed by atoms with van der Waals surface area (Å²) in [4.78, 5) is 0. The summed E-state index contributed by atoms with van der Waals surface area (Å²) in [6.07, 6.45) is -2.98. The number of hydrogen-bond donors (Lipinski definition) is 1. The zero-order valence-corrected chi connectivity index (χ0v) is 8.51. The molecule has 1 atom stereocenters. The minimum atomic E-state index is -4.32. The molecule has 4 heteroatoms. The maximum absolute atomic E-state index is 12.6. The topological polar surface area (TPSA) is 26.0 Å². The van der Waals surface area contributed by atoms with Crippen molar-refractivity contribution < 1.29 is 13.2 Å². The van der Waals surface area contributed by atoms with Gasteiger partial charge in [-0.2, -0.15) is 13.2 Å². The molecule has 0 aliphatic rings. The highest BCUT2D eigenvalue weighted by atomic mass is 19.4. The molecule has 0 heterocycles. The average Bonchev–Trinajstić information content (AvgIpc) is 2.17. The van der Waals surface area contributed by atoms with Gasteiger partial charge in [-0.05, 0) is 18.1 Å². The number of halogens is 3. The minimum Gasteiger partial charge on any atom is -0.324 e. The number of rotatable bonds is 3. The molecule has 0 saturated carbocycles. The summed E-state index contributed by atoms with van der Waals surface area (Å²) < 4.78 is 37.8. The lowest BCUT2D eigenvalue weighted by Crippen LogP contribution is -2.17. The van der Waals surface area contributed by atoms with E-state index >= 15 is 0 Å². The second-order valence-corrected chi connectivity index (χ2v) is 3.48. The Morgan fingerprint density at radius 2 is 1.87 bits per heavy atom. The van der Waals surface area contributed by atoms with Crippen LogP contribution in [0.25, 0.3) is 0 Å². The van der Waals surface area contributed by atoms with Crippen molar-refractivity contribution in [3.05, 3.63) is 35.4 Å². The van der Waals surface area contributed by atoms with Crippen molar-refractivity contribution in [3.63, 3.8) is 0 Å². The van der Waals surface area contributed by atoms with E-state index in [4.69, 9.17) is 5.73 Å². The normalized spacial score (nSPS) is 13.9. The van der Waals surface area contributed by atoms with E-state index in [0.717, 1.165) is 12.5 Å². The standard InChI is InChI=1S/C11H14F3N/c1-2-5-10(15)8-6-3-4-7-9(8)11(12,13)14/h3-4,6-7,10H,2,5,15H2,1H3/t10-/m0/s1. The van der Waals surface area contributed by atoms with Gasteiger partial charge in [-0.3, -0.25) is 0 Å². The maximum Gasteiger partial charge on any atom is 0.416 e. The smallest absolute Gasteiger partial charge is 0.324 e. The zero-order chi connectivity index (χ0) is 11.5. The number of nitrogens with two attached hydrogens (primary N) is 1. The summed E-state index contributed by atoms with van der Waals surface area (Å²) in [6.45, 7) is 1.90. The molecule has 84 valence electrons. The maximum atomic E-state index is 12.6. The Hall–Kier alpha value is -1.03. The van der Waals surface area contributed by atoms with Crippen LogP contribution in [0.3, 0.4) is 0 Å². The van der Waals surface area contributed by atoms with Crippen LogP contribution in [0.1, 0.15) is 36.9 Å². The summed E-state index contributed by atoms with van der Waals surface area (Å²) in [5.74, 6) is 0. The van der Waals surface area contributed by atoms with Gasteiger partial charge in [0.15, 0.2) is 0 Å². The second kappa shape index (κ2) is 4.66. The summed E-state index contributed by atoms with van der Waals surface area (Å²) in [5, 5.41) is 0. The summed E-state index contributed by atoms with van der Waals surface area (Å²) in [6, 6.07) is 4.95. The molecule has 0 bridgehead atoms. The Labute approximate surface area is 87.1 Å². The van der Waals surface area contributed by atoms with E-state index in [1.54, 1.807) is 6.07 Å². The van der Waals surface area contributed by atoms with Gasteiger partial charge in [-0.25, -0.2) is 0 Å². The van der Waals surface area contributed by atoms with Gasteiger partial charge in [-0.1, -0.05) is 31.5 Å². The Morgan fingerprint density at radius 3 is 2.40 bits per heavy atom. The van der Waals surface area contributed by atoms with Crippen LogP contribution in [0.2, 0.25) is 0 Å². The first-order chi connectivity index (χ1) is 6.96. The molecule has 1 nitrogen and oxygen atoms in total. The van der Waals surface area contributed by atoms with Gasteiger partial charge < -0.3 is 5.73 Å². The first kappa shape index (κ1) is 12.0. The third kappa shape index (κ3) is 2.96. The molecular weight excluding hydrogens is 203 g/mol. The molecule has 0 aromatic heterocycles. The minimum absolute atomic E-state index is 0.187. The van der Waals surface area contributed by atoms with Crippen molar-refractivity contribution in [2.24, 2.45) is 5.73 Å². The Balaban J connectivity index is 3.06. The third-order valence-corrected chi connectivity index (χ3v) is 2.27. The quantitative estimate of drug-likeness (QED) is 0.823. The summed E-state index contributed by atoms with van der Waals surface area (Å²) in [5.41, 5.74) is 5.27. The van der Waals surface area contributed by atoms with Crippen molar-refractivity contribution in [2.45, 2.75) is 32.0 Å². The van der Waals surface area contributed by atoms with Crippen LogP contribution < -0.4 is 5.73 Å². The van der Waals surface area contributed by atoms with Crippen molar-refractivity contribution in [1.29, 1.82) is 0 Å². The molecule has 0 radical (unpaired) electrons. The fraction of sp³-hybridized carbons (Fsp3) is 0.455. The zero-order valence-electron chi connectivity index (χ0n) is 8.51. The number of benzene rings is 1. The van der Waals surface area contributed by atoms with Crippen molar-refractivity contribution in [3.8, 4) is 0 Å². The second-order valence-electron chi connectivity index (χ2n) is 3.48. The van der Waals surface area contributed by atoms with Gasteiger partial charge in [0.2, 0.25) is 0 Å². The van der Waals surface area contributed by atoms with Crippen LogP contribution in [-0.4, -0.2) is 0 Å². The van der Waals surface area contributed by atoms with Crippen LogP contribution in [0.5, 0.6) is 0 Å². The van der Waals surface area contributed by atoms with Crippen LogP contribution in [0, 0.1) is 0 Å². The van der Waals surface area contributed by atoms with Gasteiger partial charge >= 0.3 is 6.18 Å². The Kier molecular flexibility index (Phi) is 3.74. The predicted molar refractivity (Wildman–Crippen MR) is 53.3 cm³/mol. The van der Waals surface area contributed by atoms with Gasteiger partial charge in [0, 0.05) is 6.04 Å². The van der Waals surface area contributed by atoms with Crippen molar-refractivity contribution >= 4 is 0 Å². The molecule has 0 fully saturated rings. The molecule has 1 rings (SSSR count). The molecule has 0 aliphatic carbocycles. The molecule has 0 amide bonds. The first-order valence-electron chi connectivity index (χ1n) is 4.88. The molecule has 1 aromatic rings. The lowest BCUT2D eigenvalue weighted by Gasteiger charge is -2.17. The van der Waals surface area contributed by atoms with E-state index in [1.807, 2.05) is 6.92 Å². The molecule has 0 aliphatic heterocycles.